The molecule has 1 saturated heterocycles. The molecular formula is C22H19ClN4O3. The van der Waals surface area contributed by atoms with Crippen molar-refractivity contribution in [2.24, 2.45) is 0 Å². The van der Waals surface area contributed by atoms with Gasteiger partial charge in [0.1, 0.15) is 22.5 Å². The number of nitrogens with one attached hydrogen (secondary N) is 1. The molecule has 1 unspecified atom stereocenters. The van der Waals surface area contributed by atoms with Crippen LogP contribution in [0, 0.1) is 6.92 Å². The van der Waals surface area contributed by atoms with E-state index in [1.165, 1.54) is 0 Å². The number of hydrogen-bond donors (Lipinski definition) is 1. The number of hydrogen-bond acceptors (Lipinski definition) is 6. The summed E-state index contributed by atoms with van der Waals surface area (Å²) >= 11 is 6.01. The molecule has 0 bridgehead atoms. The van der Waals surface area contributed by atoms with Crippen LogP contribution in [-0.4, -0.2) is 40.1 Å². The highest BCUT2D eigenvalue weighted by Crippen LogP contribution is 2.28. The fraction of sp³-hybridized carbons (Fsp3) is 0.227. The highest BCUT2D eigenvalue weighted by molar-refractivity contribution is 6.31. The minimum Gasteiger partial charge on any atom is -0.423 e. The maximum absolute atomic E-state index is 13.2. The Hall–Kier alpha value is -3.32. The van der Waals surface area contributed by atoms with Gasteiger partial charge in [0.2, 0.25) is 0 Å². The van der Waals surface area contributed by atoms with Gasteiger partial charge in [0.05, 0.1) is 0 Å². The lowest BCUT2D eigenvalue weighted by atomic mass is 10.1. The van der Waals surface area contributed by atoms with Crippen LogP contribution < -0.4 is 5.32 Å². The minimum absolute atomic E-state index is 0.0397. The zero-order valence-electron chi connectivity index (χ0n) is 16.3. The second kappa shape index (κ2) is 7.50. The number of nitrogens with zero attached hydrogens (tertiary/aromatic N) is 3. The molecule has 1 atom stereocenters. The third-order valence-electron chi connectivity index (χ3n) is 5.28. The monoisotopic (exact) mass is 422 g/mol. The van der Waals surface area contributed by atoms with Crippen molar-refractivity contribution in [3.63, 3.8) is 0 Å². The van der Waals surface area contributed by atoms with E-state index in [1.54, 1.807) is 19.1 Å². The number of aromatic nitrogens is 2. The molecule has 1 amide bonds. The van der Waals surface area contributed by atoms with Crippen LogP contribution in [0.3, 0.4) is 0 Å². The SMILES string of the molecule is Cc1onc(-c2ccccc2)c1C(=O)N1CCC(Nc2nc3ccc(Cl)cc3o2)C1. The number of anilines is 1. The fourth-order valence-electron chi connectivity index (χ4n) is 3.77. The first kappa shape index (κ1) is 18.7. The molecule has 3 heterocycles. The fourth-order valence-corrected chi connectivity index (χ4v) is 3.93. The first-order chi connectivity index (χ1) is 14.6. The van der Waals surface area contributed by atoms with Crippen molar-refractivity contribution in [2.45, 2.75) is 19.4 Å². The smallest absolute Gasteiger partial charge is 0.295 e. The maximum atomic E-state index is 13.2. The molecule has 1 fully saturated rings. The van der Waals surface area contributed by atoms with Crippen molar-refractivity contribution in [2.75, 3.05) is 18.4 Å². The number of carbonyl (C=O) groups excluding carboxylic acids is 1. The van der Waals surface area contributed by atoms with Gasteiger partial charge in [0.25, 0.3) is 11.9 Å². The van der Waals surface area contributed by atoms with Gasteiger partial charge >= 0.3 is 0 Å². The summed E-state index contributed by atoms with van der Waals surface area (Å²) in [6.07, 6.45) is 0.788. The predicted octanol–water partition coefficient (Wildman–Crippen LogP) is 4.77. The van der Waals surface area contributed by atoms with Crippen LogP contribution in [0.25, 0.3) is 22.4 Å². The summed E-state index contributed by atoms with van der Waals surface area (Å²) in [5.41, 5.74) is 3.31. The zero-order valence-corrected chi connectivity index (χ0v) is 17.0. The van der Waals surface area contributed by atoms with E-state index < -0.39 is 0 Å². The van der Waals surface area contributed by atoms with Crippen molar-refractivity contribution in [1.82, 2.24) is 15.0 Å². The number of carbonyl (C=O) groups is 1. The summed E-state index contributed by atoms with van der Waals surface area (Å²) in [4.78, 5) is 19.5. The molecule has 7 nitrogen and oxygen atoms in total. The molecule has 5 rings (SSSR count). The lowest BCUT2D eigenvalue weighted by molar-refractivity contribution is 0.0790. The molecule has 0 spiro atoms. The van der Waals surface area contributed by atoms with Gasteiger partial charge in [0.15, 0.2) is 5.58 Å². The van der Waals surface area contributed by atoms with Gasteiger partial charge in [-0.15, -0.1) is 0 Å². The molecule has 2 aromatic heterocycles. The second-order valence-electron chi connectivity index (χ2n) is 7.34. The molecule has 0 saturated carbocycles. The van der Waals surface area contributed by atoms with Crippen LogP contribution in [0.2, 0.25) is 5.02 Å². The van der Waals surface area contributed by atoms with E-state index in [0.29, 0.717) is 46.7 Å². The molecule has 1 aliphatic rings. The Morgan fingerprint density at radius 2 is 2.07 bits per heavy atom. The first-order valence-electron chi connectivity index (χ1n) is 9.72. The largest absolute Gasteiger partial charge is 0.423 e. The van der Waals surface area contributed by atoms with Gasteiger partial charge in [-0.2, -0.15) is 4.98 Å². The van der Waals surface area contributed by atoms with Crippen LogP contribution in [0.5, 0.6) is 0 Å². The Bertz CT molecular complexity index is 1220. The van der Waals surface area contributed by atoms with Crippen molar-refractivity contribution in [3.05, 3.63) is 64.9 Å². The summed E-state index contributed by atoms with van der Waals surface area (Å²) < 4.78 is 11.1. The van der Waals surface area contributed by atoms with Gasteiger partial charge in [0, 0.05) is 35.8 Å². The Morgan fingerprint density at radius 3 is 2.90 bits per heavy atom. The number of oxazole rings is 1. The number of fused-ring (bicyclic) bond motifs is 1. The van der Waals surface area contributed by atoms with E-state index in [-0.39, 0.29) is 11.9 Å². The van der Waals surface area contributed by atoms with Crippen molar-refractivity contribution in [1.29, 1.82) is 0 Å². The average Bonchev–Trinajstić information content (AvgIpc) is 3.46. The summed E-state index contributed by atoms with van der Waals surface area (Å²) in [6.45, 7) is 2.93. The van der Waals surface area contributed by atoms with E-state index in [1.807, 2.05) is 41.3 Å². The summed E-state index contributed by atoms with van der Waals surface area (Å²) in [5.74, 6) is 0.437. The van der Waals surface area contributed by atoms with E-state index in [2.05, 4.69) is 15.5 Å². The molecule has 4 aromatic rings. The normalized spacial score (nSPS) is 16.3. The highest BCUT2D eigenvalue weighted by atomic mass is 35.5. The van der Waals surface area contributed by atoms with Gasteiger partial charge in [-0.1, -0.05) is 47.1 Å². The minimum atomic E-state index is -0.0822. The van der Waals surface area contributed by atoms with Crippen molar-refractivity contribution < 1.29 is 13.7 Å². The maximum Gasteiger partial charge on any atom is 0.295 e. The standard InChI is InChI=1S/C22H19ClN4O3/c1-13-19(20(26-30-13)14-5-3-2-4-6-14)21(28)27-10-9-16(12-27)24-22-25-17-8-7-15(23)11-18(17)29-22/h2-8,11,16H,9-10,12H2,1H3,(H,24,25). The van der Waals surface area contributed by atoms with Crippen LogP contribution in [0.4, 0.5) is 6.01 Å². The molecule has 0 aliphatic carbocycles. The van der Waals surface area contributed by atoms with Crippen LogP contribution in [0.1, 0.15) is 22.5 Å². The Labute approximate surface area is 177 Å². The van der Waals surface area contributed by atoms with Crippen LogP contribution in [0.15, 0.2) is 57.5 Å². The lowest BCUT2D eigenvalue weighted by Crippen LogP contribution is -2.32. The summed E-state index contributed by atoms with van der Waals surface area (Å²) in [7, 11) is 0. The average molecular weight is 423 g/mol. The van der Waals surface area contributed by atoms with Gasteiger partial charge < -0.3 is 19.2 Å². The van der Waals surface area contributed by atoms with E-state index >= 15 is 0 Å². The van der Waals surface area contributed by atoms with E-state index in [4.69, 9.17) is 20.5 Å². The number of aryl methyl sites for hydroxylation is 1. The Kier molecular flexibility index (Phi) is 4.67. The van der Waals surface area contributed by atoms with E-state index in [9.17, 15) is 4.79 Å². The van der Waals surface area contributed by atoms with Crippen molar-refractivity contribution in [3.8, 4) is 11.3 Å². The Balaban J connectivity index is 1.32. The number of amides is 1. The van der Waals surface area contributed by atoms with Gasteiger partial charge in [-0.25, -0.2) is 0 Å². The summed E-state index contributed by atoms with van der Waals surface area (Å²) in [6, 6.07) is 15.4. The number of halogens is 1. The molecule has 1 aliphatic heterocycles. The number of likely N-dealkylation sites (tertiary alicyclic amines) is 1. The number of rotatable bonds is 4. The van der Waals surface area contributed by atoms with Gasteiger partial charge in [-0.05, 0) is 25.5 Å². The zero-order chi connectivity index (χ0) is 20.7. The van der Waals surface area contributed by atoms with Crippen LogP contribution in [-0.2, 0) is 0 Å². The number of benzene rings is 2. The molecular weight excluding hydrogens is 404 g/mol. The molecule has 30 heavy (non-hydrogen) atoms. The van der Waals surface area contributed by atoms with Crippen molar-refractivity contribution >= 4 is 34.6 Å². The molecule has 152 valence electrons. The first-order valence-corrected chi connectivity index (χ1v) is 10.1. The third-order valence-corrected chi connectivity index (χ3v) is 5.51. The molecule has 2 aromatic carbocycles. The third kappa shape index (κ3) is 3.41. The molecule has 0 radical (unpaired) electrons. The highest BCUT2D eigenvalue weighted by Gasteiger charge is 2.32. The lowest BCUT2D eigenvalue weighted by Gasteiger charge is -2.17. The van der Waals surface area contributed by atoms with Gasteiger partial charge in [-0.3, -0.25) is 4.79 Å². The quantitative estimate of drug-likeness (QED) is 0.510. The topological polar surface area (TPSA) is 84.4 Å². The second-order valence-corrected chi connectivity index (χ2v) is 7.78. The molecule has 8 heteroatoms. The summed E-state index contributed by atoms with van der Waals surface area (Å²) in [5, 5.41) is 8.01. The molecule has 1 N–H and O–H groups in total. The Morgan fingerprint density at radius 1 is 1.23 bits per heavy atom. The van der Waals surface area contributed by atoms with Crippen LogP contribution >= 0.6 is 11.6 Å². The predicted molar refractivity (Wildman–Crippen MR) is 114 cm³/mol. The van der Waals surface area contributed by atoms with E-state index in [0.717, 1.165) is 17.5 Å².